The van der Waals surface area contributed by atoms with E-state index in [1.165, 1.54) is 18.2 Å². The summed E-state index contributed by atoms with van der Waals surface area (Å²) >= 11 is 0. The molecule has 0 saturated carbocycles. The third kappa shape index (κ3) is 1.24. The van der Waals surface area contributed by atoms with Gasteiger partial charge in [-0.15, -0.1) is 4.91 Å². The monoisotopic (exact) mass is 166 g/mol. The Balaban J connectivity index is 3.39. The van der Waals surface area contributed by atoms with Gasteiger partial charge in [-0.2, -0.15) is 0 Å². The Bertz CT molecular complexity index is 335. The van der Waals surface area contributed by atoms with E-state index in [1.807, 2.05) is 0 Å². The van der Waals surface area contributed by atoms with Crippen LogP contribution in [0.2, 0.25) is 0 Å². The van der Waals surface area contributed by atoms with Crippen LogP contribution >= 0.6 is 0 Å². The predicted octanol–water partition coefficient (Wildman–Crippen LogP) is 0.889. The zero-order chi connectivity index (χ0) is 9.14. The van der Waals surface area contributed by atoms with E-state index in [9.17, 15) is 9.70 Å². The summed E-state index contributed by atoms with van der Waals surface area (Å²) in [5, 5.41) is 11.6. The molecule has 0 fully saturated rings. The van der Waals surface area contributed by atoms with Gasteiger partial charge >= 0.3 is 0 Å². The first-order valence-electron chi connectivity index (χ1n) is 3.12. The number of carbonyl (C=O) groups is 1. The van der Waals surface area contributed by atoms with Crippen LogP contribution in [-0.4, -0.2) is 11.0 Å². The first-order valence-corrected chi connectivity index (χ1v) is 3.12. The molecular formula is C7H6N2O3. The van der Waals surface area contributed by atoms with E-state index in [2.05, 4.69) is 5.18 Å². The Morgan fingerprint density at radius 1 is 1.50 bits per heavy atom. The Labute approximate surface area is 67.8 Å². The number of carbonyl (C=O) groups excluding carboxylic acids is 1. The van der Waals surface area contributed by atoms with Crippen molar-refractivity contribution in [3.63, 3.8) is 0 Å². The molecule has 0 atom stereocenters. The number of rotatable bonds is 2. The van der Waals surface area contributed by atoms with Crippen LogP contribution in [0.1, 0.15) is 10.4 Å². The molecular weight excluding hydrogens is 160 g/mol. The number of nitroso groups, excluding NO2 is 1. The maximum atomic E-state index is 10.7. The smallest absolute Gasteiger partial charge is 0.254 e. The van der Waals surface area contributed by atoms with E-state index in [0.29, 0.717) is 0 Å². The summed E-state index contributed by atoms with van der Waals surface area (Å²) in [6, 6.07) is 3.96. The molecule has 5 nitrogen and oxygen atoms in total. The lowest BCUT2D eigenvalue weighted by Crippen LogP contribution is -2.11. The first kappa shape index (κ1) is 8.19. The number of amides is 1. The van der Waals surface area contributed by atoms with Crippen molar-refractivity contribution < 1.29 is 9.90 Å². The van der Waals surface area contributed by atoms with Crippen LogP contribution in [0, 0.1) is 4.91 Å². The highest BCUT2D eigenvalue weighted by Gasteiger charge is 2.12. The molecule has 62 valence electrons. The van der Waals surface area contributed by atoms with Crippen LogP contribution in [0.25, 0.3) is 0 Å². The fourth-order valence-corrected chi connectivity index (χ4v) is 0.857. The molecule has 12 heavy (non-hydrogen) atoms. The van der Waals surface area contributed by atoms with Gasteiger partial charge in [0, 0.05) is 0 Å². The van der Waals surface area contributed by atoms with Gasteiger partial charge in [0.1, 0.15) is 17.0 Å². The van der Waals surface area contributed by atoms with Gasteiger partial charge in [-0.3, -0.25) is 4.79 Å². The highest BCUT2D eigenvalue weighted by molar-refractivity contribution is 6.00. The lowest BCUT2D eigenvalue weighted by molar-refractivity contribution is 0.0998. The second-order valence-corrected chi connectivity index (χ2v) is 2.13. The summed E-state index contributed by atoms with van der Waals surface area (Å²) in [5.74, 6) is -1.21. The van der Waals surface area contributed by atoms with Gasteiger partial charge in [-0.05, 0) is 17.3 Å². The van der Waals surface area contributed by atoms with Crippen LogP contribution in [-0.2, 0) is 0 Å². The lowest BCUT2D eigenvalue weighted by atomic mass is 10.1. The van der Waals surface area contributed by atoms with Gasteiger partial charge in [0.05, 0.1) is 0 Å². The molecule has 1 rings (SSSR count). The second kappa shape index (κ2) is 3.00. The summed E-state index contributed by atoms with van der Waals surface area (Å²) in [5.41, 5.74) is 4.50. The summed E-state index contributed by atoms with van der Waals surface area (Å²) in [6.45, 7) is 0. The summed E-state index contributed by atoms with van der Waals surface area (Å²) in [7, 11) is 0. The average Bonchev–Trinajstić information content (AvgIpc) is 2.03. The van der Waals surface area contributed by atoms with Crippen LogP contribution in [0.4, 0.5) is 5.69 Å². The molecule has 0 aliphatic carbocycles. The van der Waals surface area contributed by atoms with Crippen molar-refractivity contribution in [1.29, 1.82) is 0 Å². The van der Waals surface area contributed by atoms with E-state index in [0.717, 1.165) is 0 Å². The molecule has 0 aromatic heterocycles. The van der Waals surface area contributed by atoms with Crippen molar-refractivity contribution >= 4 is 11.6 Å². The quantitative estimate of drug-likeness (QED) is 0.639. The number of benzene rings is 1. The lowest BCUT2D eigenvalue weighted by Gasteiger charge is -2.00. The third-order valence-corrected chi connectivity index (χ3v) is 1.37. The molecule has 0 heterocycles. The second-order valence-electron chi connectivity index (χ2n) is 2.13. The number of hydrogen-bond acceptors (Lipinski definition) is 4. The molecule has 0 spiro atoms. The summed E-state index contributed by atoms with van der Waals surface area (Å²) in [6.07, 6.45) is 0. The fourth-order valence-electron chi connectivity index (χ4n) is 0.857. The highest BCUT2D eigenvalue weighted by atomic mass is 16.3. The standard InChI is InChI=1S/C7H6N2O3/c8-7(11)6-4(9-12)2-1-3-5(6)10/h1-3,10H,(H2,8,11). The van der Waals surface area contributed by atoms with Crippen molar-refractivity contribution in [3.05, 3.63) is 28.7 Å². The SMILES string of the molecule is NC(=O)c1c(O)cccc1N=O. The predicted molar refractivity (Wildman–Crippen MR) is 42.1 cm³/mol. The van der Waals surface area contributed by atoms with Crippen molar-refractivity contribution in [2.75, 3.05) is 0 Å². The molecule has 0 aliphatic rings. The Morgan fingerprint density at radius 2 is 2.17 bits per heavy atom. The number of nitrogens with zero attached hydrogens (tertiary/aromatic N) is 1. The van der Waals surface area contributed by atoms with Gasteiger partial charge in [0.25, 0.3) is 5.91 Å². The molecule has 0 radical (unpaired) electrons. The van der Waals surface area contributed by atoms with Crippen LogP contribution in [0.15, 0.2) is 23.4 Å². The van der Waals surface area contributed by atoms with Crippen molar-refractivity contribution in [1.82, 2.24) is 0 Å². The van der Waals surface area contributed by atoms with Crippen LogP contribution in [0.3, 0.4) is 0 Å². The Morgan fingerprint density at radius 3 is 2.58 bits per heavy atom. The van der Waals surface area contributed by atoms with E-state index in [1.54, 1.807) is 0 Å². The van der Waals surface area contributed by atoms with Gasteiger partial charge in [-0.25, -0.2) is 0 Å². The minimum absolute atomic E-state index is 0.150. The summed E-state index contributed by atoms with van der Waals surface area (Å²) < 4.78 is 0. The zero-order valence-corrected chi connectivity index (χ0v) is 6.02. The first-order chi connectivity index (χ1) is 5.66. The number of phenols is 1. The zero-order valence-electron chi connectivity index (χ0n) is 6.02. The molecule has 0 aliphatic heterocycles. The van der Waals surface area contributed by atoms with Crippen molar-refractivity contribution in [3.8, 4) is 5.75 Å². The van der Waals surface area contributed by atoms with Gasteiger partial charge in [-0.1, -0.05) is 6.07 Å². The van der Waals surface area contributed by atoms with E-state index >= 15 is 0 Å². The number of primary amides is 1. The van der Waals surface area contributed by atoms with Crippen molar-refractivity contribution in [2.24, 2.45) is 10.9 Å². The minimum Gasteiger partial charge on any atom is -0.507 e. The van der Waals surface area contributed by atoms with E-state index < -0.39 is 5.91 Å². The molecule has 0 bridgehead atoms. The highest BCUT2D eigenvalue weighted by Crippen LogP contribution is 2.26. The Hall–Kier alpha value is -1.91. The number of hydrogen-bond donors (Lipinski definition) is 2. The molecule has 1 aromatic rings. The molecule has 0 saturated heterocycles. The van der Waals surface area contributed by atoms with Crippen LogP contribution in [0.5, 0.6) is 5.75 Å². The molecule has 0 unspecified atom stereocenters. The number of aromatic hydroxyl groups is 1. The fraction of sp³-hybridized carbons (Fsp3) is 0. The maximum absolute atomic E-state index is 10.7. The molecule has 1 amide bonds. The van der Waals surface area contributed by atoms with Gasteiger partial charge in [0.2, 0.25) is 0 Å². The van der Waals surface area contributed by atoms with Gasteiger partial charge in [0.15, 0.2) is 0 Å². The van der Waals surface area contributed by atoms with E-state index in [4.69, 9.17) is 10.8 Å². The topological polar surface area (TPSA) is 92.8 Å². The minimum atomic E-state index is -0.873. The van der Waals surface area contributed by atoms with E-state index in [-0.39, 0.29) is 17.0 Å². The third-order valence-electron chi connectivity index (χ3n) is 1.37. The molecule has 5 heteroatoms. The molecule has 3 N–H and O–H groups in total. The largest absolute Gasteiger partial charge is 0.507 e. The van der Waals surface area contributed by atoms with Crippen molar-refractivity contribution in [2.45, 2.75) is 0 Å². The van der Waals surface area contributed by atoms with Gasteiger partial charge < -0.3 is 10.8 Å². The number of nitrogens with two attached hydrogens (primary N) is 1. The molecule has 1 aromatic carbocycles. The summed E-state index contributed by atoms with van der Waals surface area (Å²) in [4.78, 5) is 20.8. The average molecular weight is 166 g/mol. The van der Waals surface area contributed by atoms with Crippen LogP contribution < -0.4 is 5.73 Å². The normalized spacial score (nSPS) is 9.33. The Kier molecular flexibility index (Phi) is 2.05. The maximum Gasteiger partial charge on any atom is 0.254 e.